The second kappa shape index (κ2) is 2.55. The molecule has 0 aromatic carbocycles. The van der Waals surface area contributed by atoms with Crippen LogP contribution in [-0.2, 0) is 12.8 Å². The molecule has 2 heterocycles. The molecule has 0 aliphatic heterocycles. The number of aryl methyl sites for hydroxylation is 2. The van der Waals surface area contributed by atoms with Gasteiger partial charge >= 0.3 is 0 Å². The van der Waals surface area contributed by atoms with Crippen LogP contribution in [-0.4, -0.2) is 15.0 Å². The molecule has 3 nitrogen and oxygen atoms in total. The van der Waals surface area contributed by atoms with Gasteiger partial charge in [0.2, 0.25) is 0 Å². The van der Waals surface area contributed by atoms with E-state index in [1.807, 2.05) is 0 Å². The Kier molecular flexibility index (Phi) is 1.39. The maximum absolute atomic E-state index is 4.24. The van der Waals surface area contributed by atoms with Crippen molar-refractivity contribution in [1.82, 2.24) is 15.0 Å². The molecule has 0 unspecified atom stereocenters. The standard InChI is InChI=1S/C10H10N3/c1-2-4-8-7(3-1)9-10(13-8)12-6-5-11-9/h6H,1-4H2,(H,12,13). The van der Waals surface area contributed by atoms with Crippen molar-refractivity contribution in [3.8, 4) is 0 Å². The van der Waals surface area contributed by atoms with Gasteiger partial charge in [0.05, 0.1) is 6.20 Å². The Morgan fingerprint density at radius 3 is 3.23 bits per heavy atom. The topological polar surface area (TPSA) is 41.6 Å². The smallest absolute Gasteiger partial charge is 0.156 e. The van der Waals surface area contributed by atoms with Crippen LogP contribution in [0, 0.1) is 6.20 Å². The molecule has 13 heavy (non-hydrogen) atoms. The molecule has 0 amide bonds. The number of aromatic nitrogens is 3. The molecule has 1 aliphatic rings. The van der Waals surface area contributed by atoms with E-state index in [1.165, 1.54) is 24.1 Å². The van der Waals surface area contributed by atoms with Gasteiger partial charge in [-0.15, -0.1) is 0 Å². The molecule has 0 atom stereocenters. The van der Waals surface area contributed by atoms with Crippen LogP contribution >= 0.6 is 0 Å². The summed E-state index contributed by atoms with van der Waals surface area (Å²) in [5, 5.41) is 0. The summed E-state index contributed by atoms with van der Waals surface area (Å²) in [5.74, 6) is 0. The Bertz CT molecular complexity index is 444. The molecule has 1 radical (unpaired) electrons. The SMILES string of the molecule is [c]1cnc2[nH]c3c(c2n1)CCCC3. The summed E-state index contributed by atoms with van der Waals surface area (Å²) < 4.78 is 0. The van der Waals surface area contributed by atoms with Gasteiger partial charge in [-0.1, -0.05) is 0 Å². The van der Waals surface area contributed by atoms with Crippen molar-refractivity contribution in [2.75, 3.05) is 0 Å². The summed E-state index contributed by atoms with van der Waals surface area (Å²) in [7, 11) is 0. The normalized spacial score (nSPS) is 16.0. The molecule has 0 bridgehead atoms. The maximum Gasteiger partial charge on any atom is 0.156 e. The monoisotopic (exact) mass is 172 g/mol. The number of rotatable bonds is 0. The summed E-state index contributed by atoms with van der Waals surface area (Å²) in [5.41, 5.74) is 4.65. The number of hydrogen-bond donors (Lipinski definition) is 1. The third-order valence-electron chi connectivity index (χ3n) is 2.68. The van der Waals surface area contributed by atoms with E-state index in [4.69, 9.17) is 0 Å². The minimum absolute atomic E-state index is 0.922. The third kappa shape index (κ3) is 0.963. The molecule has 0 spiro atoms. The Labute approximate surface area is 76.2 Å². The van der Waals surface area contributed by atoms with Crippen molar-refractivity contribution in [3.63, 3.8) is 0 Å². The molecule has 0 saturated carbocycles. The zero-order valence-corrected chi connectivity index (χ0v) is 7.30. The van der Waals surface area contributed by atoms with E-state index < -0.39 is 0 Å². The highest BCUT2D eigenvalue weighted by Crippen LogP contribution is 2.25. The fourth-order valence-corrected chi connectivity index (χ4v) is 2.05. The van der Waals surface area contributed by atoms with E-state index in [2.05, 4.69) is 21.1 Å². The average molecular weight is 172 g/mol. The number of nitrogens with zero attached hydrogens (tertiary/aromatic N) is 2. The van der Waals surface area contributed by atoms with Crippen molar-refractivity contribution in [1.29, 1.82) is 0 Å². The van der Waals surface area contributed by atoms with E-state index in [0.717, 1.165) is 24.0 Å². The lowest BCUT2D eigenvalue weighted by atomic mass is 9.98. The Morgan fingerprint density at radius 2 is 2.23 bits per heavy atom. The highest BCUT2D eigenvalue weighted by molar-refractivity contribution is 5.76. The number of fused-ring (bicyclic) bond motifs is 3. The Balaban J connectivity index is 2.34. The number of H-pyrrole nitrogens is 1. The van der Waals surface area contributed by atoms with Crippen molar-refractivity contribution >= 4 is 11.2 Å². The molecule has 1 N–H and O–H groups in total. The van der Waals surface area contributed by atoms with Crippen LogP contribution in [0.2, 0.25) is 0 Å². The van der Waals surface area contributed by atoms with Gasteiger partial charge in [0.15, 0.2) is 5.65 Å². The van der Waals surface area contributed by atoms with E-state index in [1.54, 1.807) is 6.20 Å². The number of nitrogens with one attached hydrogen (secondary N) is 1. The Morgan fingerprint density at radius 1 is 1.31 bits per heavy atom. The molecule has 3 rings (SSSR count). The van der Waals surface area contributed by atoms with Gasteiger partial charge in [0.1, 0.15) is 11.7 Å². The van der Waals surface area contributed by atoms with Crippen molar-refractivity contribution < 1.29 is 0 Å². The predicted molar refractivity (Wildman–Crippen MR) is 49.4 cm³/mol. The maximum atomic E-state index is 4.24. The summed E-state index contributed by atoms with van der Waals surface area (Å²) in [4.78, 5) is 11.8. The summed E-state index contributed by atoms with van der Waals surface area (Å²) in [6.07, 6.45) is 9.25. The minimum Gasteiger partial charge on any atom is -0.342 e. The molecule has 1 aliphatic carbocycles. The van der Waals surface area contributed by atoms with Gasteiger partial charge in [-0.3, -0.25) is 0 Å². The summed E-state index contributed by atoms with van der Waals surface area (Å²) >= 11 is 0. The first-order valence-corrected chi connectivity index (χ1v) is 4.67. The number of hydrogen-bond acceptors (Lipinski definition) is 2. The first-order valence-electron chi connectivity index (χ1n) is 4.67. The second-order valence-corrected chi connectivity index (χ2v) is 3.49. The van der Waals surface area contributed by atoms with E-state index >= 15 is 0 Å². The molecule has 65 valence electrons. The Hall–Kier alpha value is -1.38. The van der Waals surface area contributed by atoms with Gasteiger partial charge in [0.25, 0.3) is 0 Å². The van der Waals surface area contributed by atoms with Crippen LogP contribution < -0.4 is 0 Å². The first-order chi connectivity index (χ1) is 6.45. The lowest BCUT2D eigenvalue weighted by Gasteiger charge is -2.09. The van der Waals surface area contributed by atoms with Crippen molar-refractivity contribution in [2.45, 2.75) is 25.7 Å². The van der Waals surface area contributed by atoms with E-state index in [9.17, 15) is 0 Å². The summed E-state index contributed by atoms with van der Waals surface area (Å²) in [6, 6.07) is 0. The fraction of sp³-hybridized carbons (Fsp3) is 0.400. The molecular weight excluding hydrogens is 162 g/mol. The highest BCUT2D eigenvalue weighted by Gasteiger charge is 2.15. The molecule has 0 saturated heterocycles. The lowest BCUT2D eigenvalue weighted by Crippen LogP contribution is -2.00. The second-order valence-electron chi connectivity index (χ2n) is 3.49. The zero-order chi connectivity index (χ0) is 8.67. The highest BCUT2D eigenvalue weighted by atomic mass is 14.9. The molecule has 3 heteroatoms. The fourth-order valence-electron chi connectivity index (χ4n) is 2.05. The quantitative estimate of drug-likeness (QED) is 0.656. The molecule has 2 aromatic heterocycles. The average Bonchev–Trinajstić information content (AvgIpc) is 2.56. The van der Waals surface area contributed by atoms with Gasteiger partial charge in [0, 0.05) is 11.3 Å². The largest absolute Gasteiger partial charge is 0.342 e. The lowest BCUT2D eigenvalue weighted by molar-refractivity contribution is 0.679. The van der Waals surface area contributed by atoms with Crippen LogP contribution in [0.15, 0.2) is 6.20 Å². The molecule has 2 aromatic rings. The van der Waals surface area contributed by atoms with Crippen LogP contribution in [0.4, 0.5) is 0 Å². The van der Waals surface area contributed by atoms with Crippen LogP contribution in [0.25, 0.3) is 11.2 Å². The van der Waals surface area contributed by atoms with E-state index in [-0.39, 0.29) is 0 Å². The van der Waals surface area contributed by atoms with Crippen LogP contribution in [0.1, 0.15) is 24.1 Å². The third-order valence-corrected chi connectivity index (χ3v) is 2.68. The van der Waals surface area contributed by atoms with Crippen LogP contribution in [0.5, 0.6) is 0 Å². The zero-order valence-electron chi connectivity index (χ0n) is 7.30. The van der Waals surface area contributed by atoms with Gasteiger partial charge < -0.3 is 4.98 Å². The molecular formula is C10H10N3. The van der Waals surface area contributed by atoms with Gasteiger partial charge in [-0.25, -0.2) is 9.97 Å². The van der Waals surface area contributed by atoms with Crippen LogP contribution in [0.3, 0.4) is 0 Å². The van der Waals surface area contributed by atoms with Crippen molar-refractivity contribution in [2.24, 2.45) is 0 Å². The van der Waals surface area contributed by atoms with E-state index in [0.29, 0.717) is 0 Å². The minimum atomic E-state index is 0.922. The van der Waals surface area contributed by atoms with Crippen molar-refractivity contribution in [3.05, 3.63) is 23.7 Å². The summed E-state index contributed by atoms with van der Waals surface area (Å²) in [6.45, 7) is 0. The predicted octanol–water partition coefficient (Wildman–Crippen LogP) is 1.64. The first kappa shape index (κ1) is 7.06. The van der Waals surface area contributed by atoms with Gasteiger partial charge in [-0.05, 0) is 25.7 Å². The number of aromatic amines is 1. The van der Waals surface area contributed by atoms with Gasteiger partial charge in [-0.2, -0.15) is 0 Å². The molecule has 0 fully saturated rings.